The summed E-state index contributed by atoms with van der Waals surface area (Å²) < 4.78 is 43.6. The number of aryl methyl sites for hydroxylation is 1. The van der Waals surface area contributed by atoms with E-state index in [1.807, 2.05) is 30.3 Å². The topological polar surface area (TPSA) is 154 Å². The smallest absolute Gasteiger partial charge is 0.264 e. The van der Waals surface area contributed by atoms with Gasteiger partial charge in [-0.3, -0.25) is 15.0 Å². The Morgan fingerprint density at radius 2 is 1.85 bits per heavy atom. The minimum absolute atomic E-state index is 0.0400. The Morgan fingerprint density at radius 3 is 2.58 bits per heavy atom. The normalized spacial score (nSPS) is 12.1. The maximum Gasteiger partial charge on any atom is 0.264 e. The number of aromatic nitrogens is 3. The fourth-order valence-electron chi connectivity index (χ4n) is 4.16. The lowest BCUT2D eigenvalue weighted by Gasteiger charge is -2.18. The number of sulfone groups is 1. The van der Waals surface area contributed by atoms with Crippen LogP contribution in [0.5, 0.6) is 11.5 Å². The van der Waals surface area contributed by atoms with Gasteiger partial charge in [-0.2, -0.15) is 4.98 Å². The second-order valence-corrected chi connectivity index (χ2v) is 11.2. The van der Waals surface area contributed by atoms with Gasteiger partial charge in [-0.1, -0.05) is 48.0 Å². The Kier molecular flexibility index (Phi) is 9.81. The summed E-state index contributed by atoms with van der Waals surface area (Å²) >= 11 is 0. The quantitative estimate of drug-likeness (QED) is 0.129. The highest BCUT2D eigenvalue weighted by Gasteiger charge is 2.30. The molecule has 11 nitrogen and oxygen atoms in total. The van der Waals surface area contributed by atoms with Gasteiger partial charge in [0.15, 0.2) is 27.9 Å². The van der Waals surface area contributed by atoms with Crippen LogP contribution >= 0.6 is 0 Å². The van der Waals surface area contributed by atoms with Gasteiger partial charge in [-0.15, -0.1) is 0 Å². The van der Waals surface area contributed by atoms with Crippen LogP contribution in [-0.4, -0.2) is 47.0 Å². The molecule has 1 amide bonds. The average Bonchev–Trinajstić information content (AvgIpc) is 3.47. The van der Waals surface area contributed by atoms with Crippen LogP contribution in [0.15, 0.2) is 82.3 Å². The van der Waals surface area contributed by atoms with Crippen molar-refractivity contribution < 1.29 is 32.4 Å². The molecule has 0 saturated carbocycles. The van der Waals surface area contributed by atoms with E-state index < -0.39 is 21.0 Å². The SMILES string of the molecule is COc1ccc(S(=O)(=O)C(CCCCc2ccccc2)CC(=O)NO)cc1OCc1nc(-c2ccccn2)no1. The molecule has 0 spiro atoms. The third-order valence-corrected chi connectivity index (χ3v) is 8.43. The molecule has 4 aromatic rings. The summed E-state index contributed by atoms with van der Waals surface area (Å²) in [5, 5.41) is 11.9. The number of ether oxygens (including phenoxy) is 2. The van der Waals surface area contributed by atoms with Crippen molar-refractivity contribution in [1.82, 2.24) is 20.6 Å². The molecule has 12 heteroatoms. The molecule has 0 aliphatic rings. The van der Waals surface area contributed by atoms with Crippen molar-refractivity contribution in [3.05, 3.63) is 84.4 Å². The van der Waals surface area contributed by atoms with Crippen molar-refractivity contribution >= 4 is 15.7 Å². The number of amides is 1. The zero-order chi connectivity index (χ0) is 28.4. The van der Waals surface area contributed by atoms with E-state index in [4.69, 9.17) is 19.2 Å². The Balaban J connectivity index is 1.48. The minimum Gasteiger partial charge on any atom is -0.493 e. The predicted octanol–water partition coefficient (Wildman–Crippen LogP) is 4.17. The molecule has 0 aliphatic carbocycles. The first kappa shape index (κ1) is 28.7. The van der Waals surface area contributed by atoms with Crippen LogP contribution in [0.4, 0.5) is 0 Å². The summed E-state index contributed by atoms with van der Waals surface area (Å²) in [4.78, 5) is 20.4. The number of unbranched alkanes of at least 4 members (excludes halogenated alkanes) is 1. The molecule has 4 rings (SSSR count). The number of carbonyl (C=O) groups is 1. The van der Waals surface area contributed by atoms with Crippen LogP contribution in [0.25, 0.3) is 11.5 Å². The van der Waals surface area contributed by atoms with Gasteiger partial charge < -0.3 is 14.0 Å². The van der Waals surface area contributed by atoms with E-state index in [2.05, 4.69) is 15.1 Å². The van der Waals surface area contributed by atoms with Crippen molar-refractivity contribution in [3.8, 4) is 23.0 Å². The summed E-state index contributed by atoms with van der Waals surface area (Å²) in [7, 11) is -2.55. The number of nitrogens with zero attached hydrogens (tertiary/aromatic N) is 3. The molecule has 0 aliphatic heterocycles. The molecule has 2 aromatic carbocycles. The number of hydroxylamine groups is 1. The predicted molar refractivity (Wildman–Crippen MR) is 144 cm³/mol. The Labute approximate surface area is 232 Å². The van der Waals surface area contributed by atoms with Crippen LogP contribution < -0.4 is 15.0 Å². The van der Waals surface area contributed by atoms with E-state index in [1.165, 1.54) is 25.3 Å². The van der Waals surface area contributed by atoms with Crippen LogP contribution in [0.2, 0.25) is 0 Å². The van der Waals surface area contributed by atoms with Crippen molar-refractivity contribution in [1.29, 1.82) is 0 Å². The zero-order valence-corrected chi connectivity index (χ0v) is 22.7. The van der Waals surface area contributed by atoms with Crippen molar-refractivity contribution in [2.24, 2.45) is 0 Å². The molecule has 1 atom stereocenters. The Morgan fingerprint density at radius 1 is 1.05 bits per heavy atom. The number of benzene rings is 2. The summed E-state index contributed by atoms with van der Waals surface area (Å²) in [6, 6.07) is 19.4. The van der Waals surface area contributed by atoms with E-state index in [0.717, 1.165) is 18.4 Å². The van der Waals surface area contributed by atoms with Crippen molar-refractivity contribution in [2.45, 2.75) is 48.9 Å². The average molecular weight is 567 g/mol. The lowest BCUT2D eigenvalue weighted by molar-refractivity contribution is -0.129. The molecule has 1 unspecified atom stereocenters. The molecule has 0 radical (unpaired) electrons. The van der Waals surface area contributed by atoms with E-state index in [9.17, 15) is 13.2 Å². The molecule has 0 fully saturated rings. The van der Waals surface area contributed by atoms with Gasteiger partial charge in [0, 0.05) is 18.7 Å². The lowest BCUT2D eigenvalue weighted by atomic mass is 10.1. The van der Waals surface area contributed by atoms with Crippen LogP contribution in [0, 0.1) is 0 Å². The first-order valence-electron chi connectivity index (χ1n) is 12.7. The van der Waals surface area contributed by atoms with E-state index in [1.54, 1.807) is 29.9 Å². The third kappa shape index (κ3) is 7.42. The number of pyridine rings is 1. The van der Waals surface area contributed by atoms with Gasteiger partial charge in [0.2, 0.25) is 11.7 Å². The molecule has 40 heavy (non-hydrogen) atoms. The standard InChI is InChI=1S/C28H30N4O7S/c1-37-24-15-14-22(17-25(24)38-19-27-30-28(32-39-27)23-13-7-8-16-29-23)40(35,36)21(18-26(33)31-34)12-6-5-11-20-9-3-2-4-10-20/h2-4,7-10,13-17,21,34H,5-6,11-12,18-19H2,1H3,(H,31,33). The molecular weight excluding hydrogens is 536 g/mol. The van der Waals surface area contributed by atoms with Gasteiger partial charge >= 0.3 is 0 Å². The monoisotopic (exact) mass is 566 g/mol. The fraction of sp³-hybridized carbons (Fsp3) is 0.286. The highest BCUT2D eigenvalue weighted by molar-refractivity contribution is 7.92. The Hall–Kier alpha value is -4.29. The van der Waals surface area contributed by atoms with Crippen LogP contribution in [0.3, 0.4) is 0 Å². The van der Waals surface area contributed by atoms with Gasteiger partial charge in [0.1, 0.15) is 5.69 Å². The molecule has 0 bridgehead atoms. The molecule has 2 heterocycles. The highest BCUT2D eigenvalue weighted by atomic mass is 32.2. The largest absolute Gasteiger partial charge is 0.493 e. The number of carbonyl (C=O) groups excluding carboxylic acids is 1. The van der Waals surface area contributed by atoms with E-state index in [-0.39, 0.29) is 36.0 Å². The highest BCUT2D eigenvalue weighted by Crippen LogP contribution is 2.33. The summed E-state index contributed by atoms with van der Waals surface area (Å²) in [5.41, 5.74) is 3.23. The zero-order valence-electron chi connectivity index (χ0n) is 21.9. The minimum atomic E-state index is -3.98. The first-order chi connectivity index (χ1) is 19.4. The summed E-state index contributed by atoms with van der Waals surface area (Å²) in [6.45, 7) is -0.143. The van der Waals surface area contributed by atoms with Crippen molar-refractivity contribution in [2.75, 3.05) is 7.11 Å². The van der Waals surface area contributed by atoms with Gasteiger partial charge in [0.25, 0.3) is 5.89 Å². The van der Waals surface area contributed by atoms with Gasteiger partial charge in [-0.25, -0.2) is 13.9 Å². The number of nitrogens with one attached hydrogen (secondary N) is 1. The van der Waals surface area contributed by atoms with Crippen molar-refractivity contribution in [3.63, 3.8) is 0 Å². The second kappa shape index (κ2) is 13.7. The van der Waals surface area contributed by atoms with E-state index in [0.29, 0.717) is 23.7 Å². The second-order valence-electron chi connectivity index (χ2n) is 8.97. The number of methoxy groups -OCH3 is 1. The van der Waals surface area contributed by atoms with Gasteiger partial charge in [0.05, 0.1) is 17.3 Å². The number of rotatable bonds is 14. The summed E-state index contributed by atoms with van der Waals surface area (Å²) in [6.07, 6.45) is 3.58. The third-order valence-electron chi connectivity index (χ3n) is 6.24. The number of hydrogen-bond donors (Lipinski definition) is 2. The van der Waals surface area contributed by atoms with Gasteiger partial charge in [-0.05, 0) is 49.1 Å². The van der Waals surface area contributed by atoms with E-state index >= 15 is 0 Å². The number of hydrogen-bond acceptors (Lipinski definition) is 10. The maximum absolute atomic E-state index is 13.6. The van der Waals surface area contributed by atoms with Crippen LogP contribution in [0.1, 0.15) is 37.1 Å². The molecular formula is C28H30N4O7S. The first-order valence-corrected chi connectivity index (χ1v) is 14.2. The van der Waals surface area contributed by atoms with Crippen LogP contribution in [-0.2, 0) is 27.7 Å². The molecule has 210 valence electrons. The maximum atomic E-state index is 13.6. The lowest BCUT2D eigenvalue weighted by Crippen LogP contribution is -2.30. The molecule has 2 N–H and O–H groups in total. The molecule has 0 saturated heterocycles. The Bertz CT molecular complexity index is 1500. The molecule has 2 aromatic heterocycles. The fourth-order valence-corrected chi connectivity index (χ4v) is 5.92. The summed E-state index contributed by atoms with van der Waals surface area (Å²) in [5.74, 6) is 0.125.